The van der Waals surface area contributed by atoms with Gasteiger partial charge in [0.15, 0.2) is 0 Å². The van der Waals surface area contributed by atoms with Crippen molar-refractivity contribution < 1.29 is 14.2 Å². The van der Waals surface area contributed by atoms with Gasteiger partial charge >= 0.3 is 0 Å². The summed E-state index contributed by atoms with van der Waals surface area (Å²) in [6.07, 6.45) is 3.46. The van der Waals surface area contributed by atoms with Gasteiger partial charge in [0.25, 0.3) is 0 Å². The molecule has 0 unspecified atom stereocenters. The second-order valence-corrected chi connectivity index (χ2v) is 6.04. The quantitative estimate of drug-likeness (QED) is 0.617. The third kappa shape index (κ3) is 6.34. The maximum Gasteiger partial charge on any atom is 0.137 e. The van der Waals surface area contributed by atoms with E-state index >= 15 is 0 Å². The molecule has 0 bridgehead atoms. The van der Waals surface area contributed by atoms with Gasteiger partial charge < -0.3 is 19.5 Å². The molecule has 0 spiro atoms. The highest BCUT2D eigenvalue weighted by atomic mass is 79.9. The lowest BCUT2D eigenvalue weighted by atomic mass is 10.2. The summed E-state index contributed by atoms with van der Waals surface area (Å²) in [6.45, 7) is 3.50. The third-order valence-electron chi connectivity index (χ3n) is 3.32. The van der Waals surface area contributed by atoms with Crippen LogP contribution in [0.1, 0.15) is 24.8 Å². The van der Waals surface area contributed by atoms with Crippen LogP contribution in [0.3, 0.4) is 0 Å². The average Bonchev–Trinajstić information content (AvgIpc) is 3.30. The van der Waals surface area contributed by atoms with Crippen LogP contribution in [0, 0.1) is 0 Å². The molecule has 0 atom stereocenters. The minimum atomic E-state index is 0.641. The molecule has 0 aromatic heterocycles. The monoisotopic (exact) mass is 357 g/mol. The third-order valence-corrected chi connectivity index (χ3v) is 3.94. The van der Waals surface area contributed by atoms with E-state index in [9.17, 15) is 0 Å². The van der Waals surface area contributed by atoms with Gasteiger partial charge in [0.05, 0.1) is 24.3 Å². The first kappa shape index (κ1) is 16.7. The Kier molecular flexibility index (Phi) is 7.50. The number of methoxy groups -OCH3 is 1. The van der Waals surface area contributed by atoms with E-state index in [1.807, 2.05) is 6.07 Å². The van der Waals surface area contributed by atoms with Gasteiger partial charge in [-0.25, -0.2) is 0 Å². The van der Waals surface area contributed by atoms with Gasteiger partial charge in [0.1, 0.15) is 5.75 Å². The molecule has 0 radical (unpaired) electrons. The Balaban J connectivity index is 1.72. The van der Waals surface area contributed by atoms with Crippen LogP contribution in [-0.2, 0) is 16.0 Å². The molecule has 118 valence electrons. The van der Waals surface area contributed by atoms with Gasteiger partial charge in [-0.05, 0) is 34.8 Å². The second kappa shape index (κ2) is 9.41. The fourth-order valence-corrected chi connectivity index (χ4v) is 2.50. The standard InChI is InChI=1S/C16H24BrNO3/c1-19-10-11-20-8-3-9-21-16-13(4-2-5-15(16)17)12-18-14-6-7-14/h2,4-5,14,18H,3,6-12H2,1H3. The van der Waals surface area contributed by atoms with Crippen LogP contribution in [0.5, 0.6) is 5.75 Å². The normalized spacial score (nSPS) is 14.4. The Morgan fingerprint density at radius 3 is 2.81 bits per heavy atom. The van der Waals surface area contributed by atoms with Crippen LogP contribution in [0.4, 0.5) is 0 Å². The van der Waals surface area contributed by atoms with E-state index in [4.69, 9.17) is 14.2 Å². The summed E-state index contributed by atoms with van der Waals surface area (Å²) in [5.41, 5.74) is 1.21. The first-order chi connectivity index (χ1) is 10.3. The molecule has 1 saturated carbocycles. The van der Waals surface area contributed by atoms with E-state index in [-0.39, 0.29) is 0 Å². The highest BCUT2D eigenvalue weighted by molar-refractivity contribution is 9.10. The van der Waals surface area contributed by atoms with E-state index < -0.39 is 0 Å². The van der Waals surface area contributed by atoms with Crippen LogP contribution in [0.25, 0.3) is 0 Å². The number of hydrogen-bond acceptors (Lipinski definition) is 4. The van der Waals surface area contributed by atoms with Gasteiger partial charge in [-0.3, -0.25) is 0 Å². The van der Waals surface area contributed by atoms with Crippen molar-refractivity contribution in [3.8, 4) is 5.75 Å². The van der Waals surface area contributed by atoms with E-state index in [1.54, 1.807) is 7.11 Å². The largest absolute Gasteiger partial charge is 0.492 e. The summed E-state index contributed by atoms with van der Waals surface area (Å²) >= 11 is 3.57. The Hall–Kier alpha value is -0.620. The van der Waals surface area contributed by atoms with Crippen molar-refractivity contribution in [2.75, 3.05) is 33.5 Å². The first-order valence-electron chi connectivity index (χ1n) is 7.51. The van der Waals surface area contributed by atoms with Crippen molar-refractivity contribution in [3.63, 3.8) is 0 Å². The van der Waals surface area contributed by atoms with Crippen LogP contribution in [0.15, 0.2) is 22.7 Å². The summed E-state index contributed by atoms with van der Waals surface area (Å²) in [5.74, 6) is 0.947. The van der Waals surface area contributed by atoms with Gasteiger partial charge in [-0.2, -0.15) is 0 Å². The molecular weight excluding hydrogens is 334 g/mol. The van der Waals surface area contributed by atoms with Gasteiger partial charge in [-0.1, -0.05) is 12.1 Å². The van der Waals surface area contributed by atoms with E-state index in [1.165, 1.54) is 18.4 Å². The molecule has 21 heavy (non-hydrogen) atoms. The summed E-state index contributed by atoms with van der Waals surface area (Å²) in [7, 11) is 1.68. The highest BCUT2D eigenvalue weighted by Gasteiger charge is 2.20. The lowest BCUT2D eigenvalue weighted by Crippen LogP contribution is -2.16. The van der Waals surface area contributed by atoms with E-state index in [2.05, 4.69) is 33.4 Å². The predicted molar refractivity (Wildman–Crippen MR) is 86.8 cm³/mol. The maximum atomic E-state index is 5.93. The zero-order chi connectivity index (χ0) is 14.9. The number of benzene rings is 1. The van der Waals surface area contributed by atoms with E-state index in [0.29, 0.717) is 32.5 Å². The molecule has 2 rings (SSSR count). The van der Waals surface area contributed by atoms with Crippen LogP contribution in [0.2, 0.25) is 0 Å². The summed E-state index contributed by atoms with van der Waals surface area (Å²) in [4.78, 5) is 0. The summed E-state index contributed by atoms with van der Waals surface area (Å²) in [6, 6.07) is 6.88. The molecule has 1 N–H and O–H groups in total. The number of rotatable bonds is 11. The molecule has 1 aliphatic carbocycles. The Morgan fingerprint density at radius 1 is 1.19 bits per heavy atom. The zero-order valence-electron chi connectivity index (χ0n) is 12.6. The van der Waals surface area contributed by atoms with Crippen molar-refractivity contribution in [2.45, 2.75) is 31.8 Å². The van der Waals surface area contributed by atoms with Crippen LogP contribution in [-0.4, -0.2) is 39.6 Å². The highest BCUT2D eigenvalue weighted by Crippen LogP contribution is 2.30. The molecule has 1 aromatic rings. The van der Waals surface area contributed by atoms with Crippen LogP contribution < -0.4 is 10.1 Å². The molecular formula is C16H24BrNO3. The summed E-state index contributed by atoms with van der Waals surface area (Å²) in [5, 5.41) is 3.53. The van der Waals surface area contributed by atoms with Gasteiger partial charge in [0.2, 0.25) is 0 Å². The topological polar surface area (TPSA) is 39.7 Å². The number of nitrogens with one attached hydrogen (secondary N) is 1. The smallest absolute Gasteiger partial charge is 0.137 e. The van der Waals surface area contributed by atoms with Crippen LogP contribution >= 0.6 is 15.9 Å². The molecule has 0 amide bonds. The molecule has 4 nitrogen and oxygen atoms in total. The first-order valence-corrected chi connectivity index (χ1v) is 8.31. The van der Waals surface area contributed by atoms with Crippen molar-refractivity contribution in [1.29, 1.82) is 0 Å². The van der Waals surface area contributed by atoms with Crippen molar-refractivity contribution >= 4 is 15.9 Å². The average molecular weight is 358 g/mol. The van der Waals surface area contributed by atoms with Gasteiger partial charge in [0, 0.05) is 38.3 Å². The molecule has 5 heteroatoms. The fraction of sp³-hybridized carbons (Fsp3) is 0.625. The Bertz CT molecular complexity index is 424. The number of ether oxygens (including phenoxy) is 3. The van der Waals surface area contributed by atoms with Crippen molar-refractivity contribution in [1.82, 2.24) is 5.32 Å². The minimum absolute atomic E-state index is 0.641. The lowest BCUT2D eigenvalue weighted by molar-refractivity contribution is 0.0643. The molecule has 0 saturated heterocycles. The minimum Gasteiger partial charge on any atom is -0.492 e. The SMILES string of the molecule is COCCOCCCOc1c(Br)cccc1CNC1CC1. The predicted octanol–water partition coefficient (Wildman–Crippen LogP) is 3.13. The molecule has 0 heterocycles. The van der Waals surface area contributed by atoms with E-state index in [0.717, 1.165) is 23.2 Å². The fourth-order valence-electron chi connectivity index (χ4n) is 1.98. The number of para-hydroxylation sites is 1. The maximum absolute atomic E-state index is 5.93. The number of hydrogen-bond donors (Lipinski definition) is 1. The lowest BCUT2D eigenvalue weighted by Gasteiger charge is -2.14. The molecule has 1 aliphatic rings. The van der Waals surface area contributed by atoms with Crippen molar-refractivity contribution in [3.05, 3.63) is 28.2 Å². The second-order valence-electron chi connectivity index (χ2n) is 5.19. The molecule has 1 fully saturated rings. The van der Waals surface area contributed by atoms with Gasteiger partial charge in [-0.15, -0.1) is 0 Å². The number of halogens is 1. The molecule has 0 aliphatic heterocycles. The Labute approximate surface area is 135 Å². The zero-order valence-corrected chi connectivity index (χ0v) is 14.2. The summed E-state index contributed by atoms with van der Waals surface area (Å²) < 4.78 is 17.3. The van der Waals surface area contributed by atoms with Crippen molar-refractivity contribution in [2.24, 2.45) is 0 Å². The molecule has 1 aromatic carbocycles. The Morgan fingerprint density at radius 2 is 2.05 bits per heavy atom.